The number of aryl methyl sites for hydroxylation is 1. The van der Waals surface area contributed by atoms with E-state index in [-0.39, 0.29) is 24.2 Å². The molecule has 0 bridgehead atoms. The largest absolute Gasteiger partial charge is 0.467 e. The maximum atomic E-state index is 12.0. The molecule has 2 aromatic heterocycles. The van der Waals surface area contributed by atoms with Gasteiger partial charge in [0.05, 0.1) is 19.4 Å². The van der Waals surface area contributed by atoms with E-state index in [0.29, 0.717) is 16.9 Å². The number of methoxy groups -OCH3 is 1. The second kappa shape index (κ2) is 8.05. The molecule has 0 atom stereocenters. The maximum absolute atomic E-state index is 12.0. The Morgan fingerprint density at radius 2 is 2.08 bits per heavy atom. The van der Waals surface area contributed by atoms with Gasteiger partial charge in [0.2, 0.25) is 17.0 Å². The van der Waals surface area contributed by atoms with Crippen LogP contribution in [0.4, 0.5) is 5.95 Å². The second-order valence-corrected chi connectivity index (χ2v) is 6.33. The zero-order valence-electron chi connectivity index (χ0n) is 14.0. The highest BCUT2D eigenvalue weighted by Gasteiger charge is 2.18. The molecular weight excluding hydrogens is 346 g/mol. The van der Waals surface area contributed by atoms with Crippen LogP contribution in [0.1, 0.15) is 18.7 Å². The van der Waals surface area contributed by atoms with Gasteiger partial charge in [-0.1, -0.05) is 11.8 Å². The second-order valence-electron chi connectivity index (χ2n) is 5.38. The first-order chi connectivity index (χ1) is 12.2. The number of hydrogen-bond donors (Lipinski definition) is 1. The predicted molar refractivity (Wildman–Crippen MR) is 89.2 cm³/mol. The van der Waals surface area contributed by atoms with E-state index >= 15 is 0 Å². The van der Waals surface area contributed by atoms with Crippen molar-refractivity contribution in [3.05, 3.63) is 5.82 Å². The minimum atomic E-state index is -0.157. The average molecular weight is 365 g/mol. The van der Waals surface area contributed by atoms with Gasteiger partial charge in [0.15, 0.2) is 5.82 Å². The van der Waals surface area contributed by atoms with Gasteiger partial charge in [-0.05, 0) is 23.3 Å². The Morgan fingerprint density at radius 1 is 1.28 bits per heavy atom. The summed E-state index contributed by atoms with van der Waals surface area (Å²) in [5.41, 5.74) is 0. The Balaban J connectivity index is 1.57. The van der Waals surface area contributed by atoms with E-state index in [1.165, 1.54) is 23.6 Å². The Morgan fingerprint density at radius 3 is 2.76 bits per heavy atom. The first-order valence-corrected chi connectivity index (χ1v) is 8.80. The highest BCUT2D eigenvalue weighted by molar-refractivity contribution is 7.99. The topological polar surface area (TPSA) is 124 Å². The van der Waals surface area contributed by atoms with Gasteiger partial charge in [-0.25, -0.2) is 4.68 Å². The summed E-state index contributed by atoms with van der Waals surface area (Å²) in [6.45, 7) is 2.04. The maximum Gasteiger partial charge on any atom is 0.321 e. The average Bonchev–Trinajstić information content (AvgIpc) is 3.29. The lowest BCUT2D eigenvalue weighted by Crippen LogP contribution is -2.27. The molecule has 11 nitrogen and oxygen atoms in total. The molecule has 0 saturated carbocycles. The molecule has 0 aliphatic carbocycles. The number of aromatic nitrogens is 7. The Bertz CT molecular complexity index is 732. The monoisotopic (exact) mass is 365 g/mol. The lowest BCUT2D eigenvalue weighted by atomic mass is 10.4. The molecule has 1 N–H and O–H groups in total. The number of ether oxygens (including phenoxy) is 1. The van der Waals surface area contributed by atoms with Gasteiger partial charge in [0, 0.05) is 20.1 Å². The number of anilines is 1. The quantitative estimate of drug-likeness (QED) is 0.637. The van der Waals surface area contributed by atoms with E-state index < -0.39 is 0 Å². The molecule has 3 rings (SSSR count). The first-order valence-electron chi connectivity index (χ1n) is 7.81. The summed E-state index contributed by atoms with van der Waals surface area (Å²) in [5, 5.41) is 14.4. The van der Waals surface area contributed by atoms with Crippen molar-refractivity contribution in [3.8, 4) is 6.01 Å². The van der Waals surface area contributed by atoms with Crippen LogP contribution in [0.2, 0.25) is 0 Å². The van der Waals surface area contributed by atoms with Gasteiger partial charge in [-0.15, -0.1) is 5.10 Å². The summed E-state index contributed by atoms with van der Waals surface area (Å²) in [4.78, 5) is 27.0. The summed E-state index contributed by atoms with van der Waals surface area (Å²) >= 11 is 1.26. The third-order valence-electron chi connectivity index (χ3n) is 3.58. The Kier molecular flexibility index (Phi) is 5.58. The molecule has 1 saturated heterocycles. The van der Waals surface area contributed by atoms with Crippen LogP contribution in [-0.4, -0.2) is 67.0 Å². The molecule has 0 unspecified atom stereocenters. The fourth-order valence-corrected chi connectivity index (χ4v) is 3.00. The van der Waals surface area contributed by atoms with Crippen LogP contribution in [0.3, 0.4) is 0 Å². The number of nitrogens with zero attached hydrogens (tertiary/aromatic N) is 8. The smallest absolute Gasteiger partial charge is 0.321 e. The van der Waals surface area contributed by atoms with Gasteiger partial charge in [-0.3, -0.25) is 4.79 Å². The summed E-state index contributed by atoms with van der Waals surface area (Å²) in [6, 6.07) is 0.251. The molecule has 2 aromatic rings. The molecule has 134 valence electrons. The zero-order valence-corrected chi connectivity index (χ0v) is 14.9. The minimum absolute atomic E-state index is 0.157. The van der Waals surface area contributed by atoms with E-state index in [4.69, 9.17) is 4.74 Å². The van der Waals surface area contributed by atoms with E-state index in [0.717, 1.165) is 25.9 Å². The van der Waals surface area contributed by atoms with Crippen molar-refractivity contribution < 1.29 is 9.53 Å². The van der Waals surface area contributed by atoms with Gasteiger partial charge >= 0.3 is 6.01 Å². The van der Waals surface area contributed by atoms with Crippen LogP contribution in [0.25, 0.3) is 0 Å². The molecule has 12 heteroatoms. The molecule has 1 aliphatic rings. The summed E-state index contributed by atoms with van der Waals surface area (Å²) in [6.07, 6.45) is 2.24. The Labute approximate surface area is 148 Å². The van der Waals surface area contributed by atoms with Crippen LogP contribution in [-0.2, 0) is 18.4 Å². The number of thioether (sulfide) groups is 1. The van der Waals surface area contributed by atoms with Crippen molar-refractivity contribution in [2.45, 2.75) is 24.5 Å². The van der Waals surface area contributed by atoms with Crippen molar-refractivity contribution in [3.63, 3.8) is 0 Å². The molecule has 1 aliphatic heterocycles. The predicted octanol–water partition coefficient (Wildman–Crippen LogP) is -0.588. The fraction of sp³-hybridized carbons (Fsp3) is 0.615. The number of nitrogens with one attached hydrogen (secondary N) is 1. The molecule has 0 radical (unpaired) electrons. The number of hydrogen-bond acceptors (Lipinski definition) is 10. The third kappa shape index (κ3) is 4.53. The number of rotatable bonds is 7. The van der Waals surface area contributed by atoms with Crippen molar-refractivity contribution >= 4 is 23.6 Å². The van der Waals surface area contributed by atoms with E-state index in [1.807, 2.05) is 0 Å². The number of carbonyl (C=O) groups excluding carboxylic acids is 1. The number of tetrazole rings is 1. The van der Waals surface area contributed by atoms with E-state index in [2.05, 4.69) is 40.7 Å². The molecule has 25 heavy (non-hydrogen) atoms. The molecular formula is C13H19N9O2S. The van der Waals surface area contributed by atoms with Crippen molar-refractivity contribution in [2.75, 3.05) is 30.9 Å². The van der Waals surface area contributed by atoms with Crippen LogP contribution >= 0.6 is 11.8 Å². The highest BCUT2D eigenvalue weighted by atomic mass is 32.2. The van der Waals surface area contributed by atoms with Gasteiger partial charge in [-0.2, -0.15) is 15.0 Å². The lowest BCUT2D eigenvalue weighted by molar-refractivity contribution is -0.118. The zero-order chi connectivity index (χ0) is 17.6. The van der Waals surface area contributed by atoms with Crippen LogP contribution in [0, 0.1) is 0 Å². The van der Waals surface area contributed by atoms with E-state index in [1.54, 1.807) is 7.05 Å². The first kappa shape index (κ1) is 17.3. The van der Waals surface area contributed by atoms with Gasteiger partial charge in [0.25, 0.3) is 0 Å². The van der Waals surface area contributed by atoms with Crippen LogP contribution in [0.15, 0.2) is 5.16 Å². The standard InChI is InChI=1S/C13H19N9O2S/c1-21-13(18-19-20-21)25-8-10(23)14-7-9-15-11(17-12(16-9)24-2)22-5-3-4-6-22/h3-8H2,1-2H3,(H,14,23). The highest BCUT2D eigenvalue weighted by Crippen LogP contribution is 2.17. The number of carbonyl (C=O) groups is 1. The van der Waals surface area contributed by atoms with E-state index in [9.17, 15) is 4.79 Å². The molecule has 3 heterocycles. The molecule has 1 amide bonds. The van der Waals surface area contributed by atoms with Gasteiger partial charge < -0.3 is 15.0 Å². The van der Waals surface area contributed by atoms with Crippen LogP contribution < -0.4 is 15.0 Å². The van der Waals surface area contributed by atoms with Gasteiger partial charge in [0.1, 0.15) is 0 Å². The normalized spacial score (nSPS) is 13.9. The number of amides is 1. The molecule has 1 fully saturated rings. The third-order valence-corrected chi connectivity index (χ3v) is 4.59. The molecule has 0 spiro atoms. The fourth-order valence-electron chi connectivity index (χ4n) is 2.32. The summed E-state index contributed by atoms with van der Waals surface area (Å²) in [7, 11) is 3.23. The van der Waals surface area contributed by atoms with Crippen LogP contribution in [0.5, 0.6) is 6.01 Å². The van der Waals surface area contributed by atoms with Crippen molar-refractivity contribution in [1.29, 1.82) is 0 Å². The lowest BCUT2D eigenvalue weighted by Gasteiger charge is -2.16. The van der Waals surface area contributed by atoms with Crippen molar-refractivity contribution in [1.82, 2.24) is 40.5 Å². The SMILES string of the molecule is COc1nc(CNC(=O)CSc2nnnn2C)nc(N2CCCC2)n1. The summed E-state index contributed by atoms with van der Waals surface area (Å²) < 4.78 is 6.65. The minimum Gasteiger partial charge on any atom is -0.467 e. The molecule has 0 aromatic carbocycles. The Hall–Kier alpha value is -2.50. The summed E-state index contributed by atoms with van der Waals surface area (Å²) in [5.74, 6) is 1.10. The van der Waals surface area contributed by atoms with Crippen molar-refractivity contribution in [2.24, 2.45) is 7.05 Å².